The predicted molar refractivity (Wildman–Crippen MR) is 143 cm³/mol. The van der Waals surface area contributed by atoms with E-state index < -0.39 is 5.60 Å². The van der Waals surface area contributed by atoms with Crippen LogP contribution in [0.25, 0.3) is 0 Å². The number of hydrogen-bond donors (Lipinski definition) is 1. The van der Waals surface area contributed by atoms with E-state index in [2.05, 4.69) is 26.1 Å². The van der Waals surface area contributed by atoms with Crippen LogP contribution in [-0.4, -0.2) is 37.2 Å². The molecule has 5 heteroatoms. The summed E-state index contributed by atoms with van der Waals surface area (Å²) in [5, 5.41) is 3.54. The molecular weight excluding hydrogens is 450 g/mol. The van der Waals surface area contributed by atoms with Gasteiger partial charge in [-0.05, 0) is 131 Å². The topological polar surface area (TPSA) is 64.6 Å². The summed E-state index contributed by atoms with van der Waals surface area (Å²) in [4.78, 5) is 24.0. The molecule has 0 radical (unpaired) electrons. The highest BCUT2D eigenvalue weighted by Gasteiger charge is 2.60. The quantitative estimate of drug-likeness (QED) is 0.400. The summed E-state index contributed by atoms with van der Waals surface area (Å²) >= 11 is 0. The minimum Gasteiger partial charge on any atom is -0.469 e. The maximum atomic E-state index is 12.2. The third kappa shape index (κ3) is 5.52. The molecule has 0 unspecified atom stereocenters. The van der Waals surface area contributed by atoms with Gasteiger partial charge in [-0.2, -0.15) is 0 Å². The molecule has 0 aromatic heterocycles. The van der Waals surface area contributed by atoms with Gasteiger partial charge in [0.25, 0.3) is 0 Å². The van der Waals surface area contributed by atoms with E-state index in [4.69, 9.17) is 9.47 Å². The Morgan fingerprint density at radius 3 is 2.33 bits per heavy atom. The van der Waals surface area contributed by atoms with Gasteiger partial charge in [0.2, 0.25) is 0 Å². The Balaban J connectivity index is 1.36. The molecule has 0 saturated heterocycles. The molecule has 4 aliphatic carbocycles. The number of nitrogens with one attached hydrogen (secondary N) is 1. The van der Waals surface area contributed by atoms with Crippen molar-refractivity contribution in [3.63, 3.8) is 0 Å². The van der Waals surface area contributed by atoms with Gasteiger partial charge >= 0.3 is 11.9 Å². The monoisotopic (exact) mass is 503 g/mol. The van der Waals surface area contributed by atoms with Crippen LogP contribution in [0.3, 0.4) is 0 Å². The van der Waals surface area contributed by atoms with Crippen LogP contribution in [0.4, 0.5) is 0 Å². The van der Waals surface area contributed by atoms with Crippen molar-refractivity contribution >= 4 is 11.9 Å². The molecule has 0 aliphatic heterocycles. The standard InChI is InChI=1S/C31H53NO4/c1-20(8-13-27(33)35-7)24-11-12-25-23-10-9-21-18-22(32-19-28(34)36-29(2,3)4)14-16-30(21,5)26(23)15-17-31(24,25)6/h20-26,32H,8-19H2,1-7H3/t20-,21-,22+,23+,24-,25+,26+,30+,31-/m1/s1. The van der Waals surface area contributed by atoms with Crippen molar-refractivity contribution in [3.05, 3.63) is 0 Å². The Kier molecular flexibility index (Phi) is 8.20. The summed E-state index contributed by atoms with van der Waals surface area (Å²) in [5.41, 5.74) is 0.463. The summed E-state index contributed by atoms with van der Waals surface area (Å²) in [5.74, 6) is 4.47. The number of carbonyl (C=O) groups is 2. The number of hydrogen-bond acceptors (Lipinski definition) is 5. The lowest BCUT2D eigenvalue weighted by molar-refractivity contribution is -0.154. The highest BCUT2D eigenvalue weighted by molar-refractivity contribution is 5.72. The molecular formula is C31H53NO4. The van der Waals surface area contributed by atoms with Crippen LogP contribution in [0.5, 0.6) is 0 Å². The summed E-state index contributed by atoms with van der Waals surface area (Å²) in [6.45, 7) is 13.7. The van der Waals surface area contributed by atoms with E-state index in [1.165, 1.54) is 64.9 Å². The first kappa shape index (κ1) is 27.9. The first-order valence-electron chi connectivity index (χ1n) is 14.9. The van der Waals surface area contributed by atoms with Gasteiger partial charge in [-0.25, -0.2) is 0 Å². The molecule has 0 bridgehead atoms. The molecule has 0 heterocycles. The van der Waals surface area contributed by atoms with E-state index >= 15 is 0 Å². The van der Waals surface area contributed by atoms with E-state index in [1.54, 1.807) is 0 Å². The average molecular weight is 504 g/mol. The van der Waals surface area contributed by atoms with Crippen molar-refractivity contribution in [3.8, 4) is 0 Å². The van der Waals surface area contributed by atoms with Crippen LogP contribution >= 0.6 is 0 Å². The predicted octanol–water partition coefficient (Wildman–Crippen LogP) is 6.53. The molecule has 36 heavy (non-hydrogen) atoms. The molecule has 1 N–H and O–H groups in total. The van der Waals surface area contributed by atoms with Crippen molar-refractivity contribution < 1.29 is 19.1 Å². The molecule has 4 rings (SSSR count). The van der Waals surface area contributed by atoms with Crippen LogP contribution in [0.2, 0.25) is 0 Å². The molecule has 206 valence electrons. The van der Waals surface area contributed by atoms with Crippen LogP contribution in [0.1, 0.15) is 112 Å². The summed E-state index contributed by atoms with van der Waals surface area (Å²) in [7, 11) is 1.50. The van der Waals surface area contributed by atoms with E-state index in [1.807, 2.05) is 20.8 Å². The van der Waals surface area contributed by atoms with Gasteiger partial charge in [0.05, 0.1) is 13.7 Å². The van der Waals surface area contributed by atoms with Crippen molar-refractivity contribution in [1.29, 1.82) is 0 Å². The number of methoxy groups -OCH3 is 1. The largest absolute Gasteiger partial charge is 0.469 e. The van der Waals surface area contributed by atoms with Gasteiger partial charge in [0.1, 0.15) is 5.60 Å². The zero-order valence-electron chi connectivity index (χ0n) is 24.2. The van der Waals surface area contributed by atoms with Gasteiger partial charge in [-0.1, -0.05) is 20.8 Å². The molecule has 0 spiro atoms. The van der Waals surface area contributed by atoms with Crippen molar-refractivity contribution in [1.82, 2.24) is 5.32 Å². The SMILES string of the molecule is COC(=O)CC[C@@H](C)[C@H]1CC[C@H]2[C@@H]3CC[C@@H]4C[C@@H](NCC(=O)OC(C)(C)C)CC[C@]4(C)[C@H]3CC[C@]12C. The van der Waals surface area contributed by atoms with Gasteiger partial charge in [-0.15, -0.1) is 0 Å². The smallest absolute Gasteiger partial charge is 0.320 e. The highest BCUT2D eigenvalue weighted by Crippen LogP contribution is 2.68. The van der Waals surface area contributed by atoms with E-state index in [0.717, 1.165) is 36.0 Å². The number of esters is 2. The van der Waals surface area contributed by atoms with Gasteiger partial charge in [0.15, 0.2) is 0 Å². The Labute approximate surface area is 220 Å². The fourth-order valence-electron chi connectivity index (χ4n) is 9.67. The summed E-state index contributed by atoms with van der Waals surface area (Å²) in [6.07, 6.45) is 13.4. The molecule has 0 aromatic rings. The fraction of sp³-hybridized carbons (Fsp3) is 0.935. The molecule has 4 aliphatic rings. The molecule has 9 atom stereocenters. The van der Waals surface area contributed by atoms with Crippen LogP contribution in [-0.2, 0) is 19.1 Å². The number of carbonyl (C=O) groups excluding carboxylic acids is 2. The maximum absolute atomic E-state index is 12.2. The summed E-state index contributed by atoms with van der Waals surface area (Å²) in [6, 6.07) is 0.438. The molecule has 5 nitrogen and oxygen atoms in total. The minimum atomic E-state index is -0.420. The zero-order chi connectivity index (χ0) is 26.3. The maximum Gasteiger partial charge on any atom is 0.320 e. The number of fused-ring (bicyclic) bond motifs is 5. The fourth-order valence-corrected chi connectivity index (χ4v) is 9.67. The third-order valence-corrected chi connectivity index (χ3v) is 11.4. The Bertz CT molecular complexity index is 805. The first-order valence-corrected chi connectivity index (χ1v) is 14.9. The first-order chi connectivity index (χ1) is 16.9. The number of ether oxygens (including phenoxy) is 2. The zero-order valence-corrected chi connectivity index (χ0v) is 24.2. The van der Waals surface area contributed by atoms with Crippen molar-refractivity contribution in [2.24, 2.45) is 46.3 Å². The summed E-state index contributed by atoms with van der Waals surface area (Å²) < 4.78 is 10.4. The lowest BCUT2D eigenvalue weighted by Gasteiger charge is -2.61. The molecule has 4 fully saturated rings. The van der Waals surface area contributed by atoms with Crippen molar-refractivity contribution in [2.45, 2.75) is 124 Å². The lowest BCUT2D eigenvalue weighted by atomic mass is 9.44. The van der Waals surface area contributed by atoms with Gasteiger partial charge < -0.3 is 14.8 Å². The molecule has 0 amide bonds. The van der Waals surface area contributed by atoms with Gasteiger partial charge in [-0.3, -0.25) is 9.59 Å². The van der Waals surface area contributed by atoms with E-state index in [-0.39, 0.29) is 11.9 Å². The van der Waals surface area contributed by atoms with Crippen molar-refractivity contribution in [2.75, 3.05) is 13.7 Å². The Morgan fingerprint density at radius 2 is 1.64 bits per heavy atom. The Hall–Kier alpha value is -1.10. The second-order valence-corrected chi connectivity index (χ2v) is 14.4. The number of rotatable bonds is 7. The van der Waals surface area contributed by atoms with Crippen LogP contribution in [0, 0.1) is 46.3 Å². The normalized spacial score (nSPS) is 41.0. The van der Waals surface area contributed by atoms with E-state index in [9.17, 15) is 9.59 Å². The average Bonchev–Trinajstić information content (AvgIpc) is 3.17. The van der Waals surface area contributed by atoms with Gasteiger partial charge in [0, 0.05) is 12.5 Å². The van der Waals surface area contributed by atoms with E-state index in [0.29, 0.717) is 35.8 Å². The lowest BCUT2D eigenvalue weighted by Crippen LogP contribution is -2.55. The molecule has 4 saturated carbocycles. The second-order valence-electron chi connectivity index (χ2n) is 14.4. The minimum absolute atomic E-state index is 0.0623. The Morgan fingerprint density at radius 1 is 0.944 bits per heavy atom. The van der Waals surface area contributed by atoms with Crippen LogP contribution in [0.15, 0.2) is 0 Å². The molecule has 0 aromatic carbocycles. The highest BCUT2D eigenvalue weighted by atomic mass is 16.6. The van der Waals surface area contributed by atoms with Crippen LogP contribution < -0.4 is 5.32 Å². The third-order valence-electron chi connectivity index (χ3n) is 11.4. The second kappa shape index (κ2) is 10.6.